The van der Waals surface area contributed by atoms with Crippen LogP contribution in [0.15, 0.2) is 36.4 Å². The number of ether oxygens (including phenoxy) is 1. The Hall–Kier alpha value is 0.920. The summed E-state index contributed by atoms with van der Waals surface area (Å²) in [5.41, 5.74) is 0. The van der Waals surface area contributed by atoms with Crippen LogP contribution in [0, 0.1) is 0 Å². The van der Waals surface area contributed by atoms with E-state index in [4.69, 9.17) is 69.6 Å². The lowest BCUT2D eigenvalue weighted by atomic mass is 10.4. The minimum atomic E-state index is -1.99. The third kappa shape index (κ3) is 14.9. The Labute approximate surface area is 118 Å². The van der Waals surface area contributed by atoms with E-state index < -0.39 is 7.96 Å². The summed E-state index contributed by atoms with van der Waals surface area (Å²) in [7, 11) is 0. The van der Waals surface area contributed by atoms with Crippen molar-refractivity contribution in [2.24, 2.45) is 0 Å². The fourth-order valence-electron chi connectivity index (χ4n) is 0.516. The molecular weight excluding hydrogens is 325 g/mol. The average molecular weight is 331 g/mol. The van der Waals surface area contributed by atoms with E-state index in [-0.39, 0.29) is 0 Å². The normalized spacial score (nSPS) is 11.6. The molecule has 1 aromatic rings. The number of hydrogen-bond acceptors (Lipinski definition) is 1. The molecule has 0 radical (unpaired) electrons. The number of halogens is 6. The molecule has 0 aromatic heterocycles. The first-order valence-corrected chi connectivity index (χ1v) is 5.81. The maximum absolute atomic E-state index is 5.07. The van der Waals surface area contributed by atoms with Gasteiger partial charge in [0.1, 0.15) is 0 Å². The largest absolute Gasteiger partial charge is 0.300 e. The second-order valence-corrected chi connectivity index (χ2v) is 6.50. The predicted molar refractivity (Wildman–Crippen MR) is 68.1 cm³/mol. The van der Waals surface area contributed by atoms with Crippen LogP contribution in [0.4, 0.5) is 0 Å². The highest BCUT2D eigenvalue weighted by Gasteiger charge is 2.33. The summed E-state index contributed by atoms with van der Waals surface area (Å²) in [4.78, 5) is 0. The molecule has 0 aliphatic heterocycles. The summed E-state index contributed by atoms with van der Waals surface area (Å²) in [5, 5.41) is 0. The highest BCUT2D eigenvalue weighted by Crippen LogP contribution is 2.39. The molecule has 0 fully saturated rings. The van der Waals surface area contributed by atoms with E-state index in [0.29, 0.717) is 0 Å². The van der Waals surface area contributed by atoms with Crippen molar-refractivity contribution in [1.82, 2.24) is 0 Å². The summed E-state index contributed by atoms with van der Waals surface area (Å²) in [6.45, 7) is 0. The molecule has 0 spiro atoms. The molecule has 15 heavy (non-hydrogen) atoms. The van der Waals surface area contributed by atoms with E-state index in [0.717, 1.165) is 0 Å². The van der Waals surface area contributed by atoms with E-state index in [9.17, 15) is 0 Å². The van der Waals surface area contributed by atoms with Crippen LogP contribution in [0.3, 0.4) is 0 Å². The van der Waals surface area contributed by atoms with Crippen LogP contribution in [0.5, 0.6) is 0 Å². The molecular formula is C8H6Cl6O. The van der Waals surface area contributed by atoms with Crippen molar-refractivity contribution in [3.05, 3.63) is 36.4 Å². The zero-order valence-electron chi connectivity index (χ0n) is 7.14. The van der Waals surface area contributed by atoms with Crippen LogP contribution < -0.4 is 0 Å². The van der Waals surface area contributed by atoms with Gasteiger partial charge in [0.15, 0.2) is 0 Å². The van der Waals surface area contributed by atoms with Gasteiger partial charge >= 0.3 is 7.96 Å². The number of hydrogen-bond donors (Lipinski definition) is 0. The smallest absolute Gasteiger partial charge is 0.284 e. The van der Waals surface area contributed by atoms with E-state index in [2.05, 4.69) is 4.74 Å². The first-order valence-electron chi connectivity index (χ1n) is 3.54. The van der Waals surface area contributed by atoms with Gasteiger partial charge in [-0.25, -0.2) is 0 Å². The summed E-state index contributed by atoms with van der Waals surface area (Å²) in [6, 6.07) is 12.0. The molecule has 0 aliphatic carbocycles. The molecule has 0 atom stereocenters. The second-order valence-electron chi connectivity index (χ2n) is 2.15. The molecule has 0 amide bonds. The quantitative estimate of drug-likeness (QED) is 0.583. The summed E-state index contributed by atoms with van der Waals surface area (Å²) >= 11 is 30.4. The highest BCUT2D eigenvalue weighted by molar-refractivity contribution is 6.69. The highest BCUT2D eigenvalue weighted by atomic mass is 35.6. The first-order chi connectivity index (χ1) is 6.71. The third-order valence-electron chi connectivity index (χ3n) is 0.898. The van der Waals surface area contributed by atoms with Crippen molar-refractivity contribution >= 4 is 69.6 Å². The van der Waals surface area contributed by atoms with Crippen LogP contribution >= 0.6 is 69.6 Å². The number of rotatable bonds is 0. The van der Waals surface area contributed by atoms with Gasteiger partial charge in [-0.2, -0.15) is 0 Å². The lowest BCUT2D eigenvalue weighted by Crippen LogP contribution is -2.19. The molecule has 1 aromatic carbocycles. The van der Waals surface area contributed by atoms with Gasteiger partial charge in [-0.15, -0.1) is 0 Å². The zero-order valence-corrected chi connectivity index (χ0v) is 11.7. The molecule has 0 heterocycles. The van der Waals surface area contributed by atoms with Crippen LogP contribution in [0.2, 0.25) is 0 Å². The zero-order chi connectivity index (χ0) is 11.9. The van der Waals surface area contributed by atoms with Crippen LogP contribution in [-0.4, -0.2) is 7.96 Å². The van der Waals surface area contributed by atoms with Crippen LogP contribution in [0.1, 0.15) is 0 Å². The summed E-state index contributed by atoms with van der Waals surface area (Å²) < 4.78 is 0.228. The Morgan fingerprint density at radius 2 is 0.733 bits per heavy atom. The number of benzene rings is 1. The Kier molecular flexibility index (Phi) is 7.73. The fraction of sp³-hybridized carbons (Fsp3) is 0.250. The van der Waals surface area contributed by atoms with Gasteiger partial charge in [-0.05, 0) is 0 Å². The van der Waals surface area contributed by atoms with Crippen LogP contribution in [0.25, 0.3) is 0 Å². The molecule has 1 nitrogen and oxygen atoms in total. The summed E-state index contributed by atoms with van der Waals surface area (Å²) in [6.07, 6.45) is 0. The molecule has 0 unspecified atom stereocenters. The van der Waals surface area contributed by atoms with Crippen molar-refractivity contribution in [1.29, 1.82) is 0 Å². The fourth-order valence-corrected chi connectivity index (χ4v) is 1.57. The first kappa shape index (κ1) is 15.9. The predicted octanol–water partition coefficient (Wildman–Crippen LogP) is 5.35. The van der Waals surface area contributed by atoms with Crippen molar-refractivity contribution in [3.63, 3.8) is 0 Å². The van der Waals surface area contributed by atoms with Crippen molar-refractivity contribution in [2.75, 3.05) is 0 Å². The molecule has 0 bridgehead atoms. The molecule has 1 rings (SSSR count). The van der Waals surface area contributed by atoms with Gasteiger partial charge in [0.25, 0.3) is 0 Å². The van der Waals surface area contributed by atoms with E-state index in [1.807, 2.05) is 36.4 Å². The van der Waals surface area contributed by atoms with Crippen molar-refractivity contribution in [3.8, 4) is 0 Å². The van der Waals surface area contributed by atoms with Gasteiger partial charge in [-0.1, -0.05) is 106 Å². The minimum absolute atomic E-state index is 1.99. The maximum atomic E-state index is 5.07. The standard InChI is InChI=1S/C6H6.C2Cl6O/c1-2-4-6-5-3-1;3-1(4,5)9-2(6,7)8/h1-6H;. The van der Waals surface area contributed by atoms with Gasteiger partial charge in [0, 0.05) is 0 Å². The average Bonchev–Trinajstić information content (AvgIpc) is 2.01. The second kappa shape index (κ2) is 7.29. The van der Waals surface area contributed by atoms with Crippen LogP contribution in [-0.2, 0) is 4.74 Å². The van der Waals surface area contributed by atoms with Crippen molar-refractivity contribution in [2.45, 2.75) is 7.96 Å². The third-order valence-corrected chi connectivity index (χ3v) is 1.36. The topological polar surface area (TPSA) is 9.23 Å². The molecule has 86 valence electrons. The number of alkyl halides is 6. The molecule has 0 aliphatic rings. The van der Waals surface area contributed by atoms with Gasteiger partial charge in [0.05, 0.1) is 0 Å². The molecule has 7 heteroatoms. The SMILES string of the molecule is ClC(Cl)(Cl)OC(Cl)(Cl)Cl.c1ccccc1. The lowest BCUT2D eigenvalue weighted by Gasteiger charge is -2.17. The minimum Gasteiger partial charge on any atom is -0.284 e. The van der Waals surface area contributed by atoms with E-state index >= 15 is 0 Å². The Balaban J connectivity index is 0.000000280. The van der Waals surface area contributed by atoms with Crippen molar-refractivity contribution < 1.29 is 4.74 Å². The Bertz CT molecular complexity index is 213. The van der Waals surface area contributed by atoms with E-state index in [1.54, 1.807) is 0 Å². The molecule has 0 saturated heterocycles. The maximum Gasteiger partial charge on any atom is 0.300 e. The van der Waals surface area contributed by atoms with Gasteiger partial charge in [-0.3, -0.25) is 4.74 Å². The van der Waals surface area contributed by atoms with Gasteiger partial charge < -0.3 is 0 Å². The molecule has 0 N–H and O–H groups in total. The summed E-state index contributed by atoms with van der Waals surface area (Å²) in [5.74, 6) is 0. The van der Waals surface area contributed by atoms with E-state index in [1.165, 1.54) is 0 Å². The Morgan fingerprint density at radius 3 is 0.800 bits per heavy atom. The van der Waals surface area contributed by atoms with Gasteiger partial charge in [0.2, 0.25) is 0 Å². The monoisotopic (exact) mass is 328 g/mol. The molecule has 0 saturated carbocycles. The lowest BCUT2D eigenvalue weighted by molar-refractivity contribution is 0.125. The Morgan fingerprint density at radius 1 is 0.533 bits per heavy atom.